The predicted octanol–water partition coefficient (Wildman–Crippen LogP) is 1.75. The molecule has 4 heterocycles. The Morgan fingerprint density at radius 2 is 1.88 bits per heavy atom. The fourth-order valence-electron chi connectivity index (χ4n) is 4.22. The number of imidazole rings is 1. The zero-order valence-electron chi connectivity index (χ0n) is 15.3. The summed E-state index contributed by atoms with van der Waals surface area (Å²) in [5, 5.41) is 2.96. The van der Waals surface area contributed by atoms with E-state index in [0.717, 1.165) is 76.9 Å². The predicted molar refractivity (Wildman–Crippen MR) is 96.2 cm³/mol. The second-order valence-corrected chi connectivity index (χ2v) is 7.54. The van der Waals surface area contributed by atoms with Crippen LogP contribution in [0.3, 0.4) is 0 Å². The minimum atomic E-state index is -0.177. The first-order chi connectivity index (χ1) is 12.7. The number of amides is 2. The Morgan fingerprint density at radius 1 is 1.08 bits per heavy atom. The molecule has 2 saturated heterocycles. The van der Waals surface area contributed by atoms with E-state index in [4.69, 9.17) is 4.74 Å². The summed E-state index contributed by atoms with van der Waals surface area (Å²) in [4.78, 5) is 32.1. The molecular weight excluding hydrogens is 332 g/mol. The zero-order chi connectivity index (χ0) is 17.9. The third-order valence-electron chi connectivity index (χ3n) is 5.68. The molecule has 2 fully saturated rings. The molecule has 0 spiro atoms. The molecule has 0 bridgehead atoms. The molecule has 0 radical (unpaired) electrons. The van der Waals surface area contributed by atoms with Crippen LogP contribution in [0.5, 0.6) is 0 Å². The van der Waals surface area contributed by atoms with Crippen LogP contribution in [-0.2, 0) is 17.7 Å². The second-order valence-electron chi connectivity index (χ2n) is 7.54. The molecule has 1 unspecified atom stereocenters. The summed E-state index contributed by atoms with van der Waals surface area (Å²) in [6.07, 6.45) is 8.29. The zero-order valence-corrected chi connectivity index (χ0v) is 15.3. The van der Waals surface area contributed by atoms with Crippen LogP contribution in [0, 0.1) is 0 Å². The van der Waals surface area contributed by atoms with Gasteiger partial charge in [0.15, 0.2) is 5.82 Å². The molecule has 7 heteroatoms. The first-order valence-corrected chi connectivity index (χ1v) is 10.0. The number of nitrogens with zero attached hydrogens (tertiary/aromatic N) is 3. The van der Waals surface area contributed by atoms with E-state index in [1.165, 1.54) is 6.42 Å². The van der Waals surface area contributed by atoms with Gasteiger partial charge in [0.1, 0.15) is 5.69 Å². The fraction of sp³-hybridized carbons (Fsp3) is 0.737. The van der Waals surface area contributed by atoms with Crippen molar-refractivity contribution < 1.29 is 14.3 Å². The standard InChI is InChI=1S/C19H28N4O3/c24-18(20-13-14-7-6-12-26-14)16-15-8-2-5-11-23(15)17(21-16)19(25)22-9-3-1-4-10-22/h14H,1-13H2,(H,20,24). The molecule has 7 nitrogen and oxygen atoms in total. The minimum absolute atomic E-state index is 0.0222. The van der Waals surface area contributed by atoms with E-state index in [1.54, 1.807) is 0 Å². The normalized spacial score (nSPS) is 22.9. The summed E-state index contributed by atoms with van der Waals surface area (Å²) in [5.41, 5.74) is 1.35. The maximum absolute atomic E-state index is 13.0. The van der Waals surface area contributed by atoms with Crippen molar-refractivity contribution in [3.63, 3.8) is 0 Å². The molecular formula is C19H28N4O3. The Bertz CT molecular complexity index is 673. The van der Waals surface area contributed by atoms with Gasteiger partial charge in [0.05, 0.1) is 11.8 Å². The Morgan fingerprint density at radius 3 is 2.65 bits per heavy atom. The van der Waals surface area contributed by atoms with Crippen LogP contribution in [0.15, 0.2) is 0 Å². The Kier molecular flexibility index (Phi) is 5.24. The van der Waals surface area contributed by atoms with Gasteiger partial charge in [0, 0.05) is 32.8 Å². The van der Waals surface area contributed by atoms with Gasteiger partial charge in [-0.2, -0.15) is 0 Å². The molecule has 26 heavy (non-hydrogen) atoms. The number of ether oxygens (including phenoxy) is 1. The SMILES string of the molecule is O=C(NCC1CCCO1)c1nc(C(=O)N2CCCCC2)n2c1CCCC2. The highest BCUT2D eigenvalue weighted by Crippen LogP contribution is 2.23. The van der Waals surface area contributed by atoms with E-state index >= 15 is 0 Å². The van der Waals surface area contributed by atoms with E-state index in [2.05, 4.69) is 10.3 Å². The molecule has 1 aromatic heterocycles. The molecule has 1 atom stereocenters. The number of carbonyl (C=O) groups excluding carboxylic acids is 2. The highest BCUT2D eigenvalue weighted by molar-refractivity contribution is 5.97. The molecule has 4 rings (SSSR count). The van der Waals surface area contributed by atoms with Crippen molar-refractivity contribution in [1.82, 2.24) is 19.8 Å². The highest BCUT2D eigenvalue weighted by atomic mass is 16.5. The summed E-state index contributed by atoms with van der Waals surface area (Å²) < 4.78 is 7.56. The molecule has 1 N–H and O–H groups in total. The van der Waals surface area contributed by atoms with Gasteiger partial charge in [-0.3, -0.25) is 9.59 Å². The quantitative estimate of drug-likeness (QED) is 0.888. The van der Waals surface area contributed by atoms with Crippen molar-refractivity contribution in [3.05, 3.63) is 17.2 Å². The smallest absolute Gasteiger partial charge is 0.289 e. The van der Waals surface area contributed by atoms with Crippen LogP contribution < -0.4 is 5.32 Å². The average Bonchev–Trinajstić information content (AvgIpc) is 3.34. The molecule has 0 saturated carbocycles. The largest absolute Gasteiger partial charge is 0.376 e. The lowest BCUT2D eigenvalue weighted by molar-refractivity contribution is 0.0705. The number of likely N-dealkylation sites (tertiary alicyclic amines) is 1. The van der Waals surface area contributed by atoms with Crippen molar-refractivity contribution in [1.29, 1.82) is 0 Å². The molecule has 1 aromatic rings. The monoisotopic (exact) mass is 360 g/mol. The fourth-order valence-corrected chi connectivity index (χ4v) is 4.22. The van der Waals surface area contributed by atoms with E-state index in [1.807, 2.05) is 9.47 Å². The molecule has 142 valence electrons. The van der Waals surface area contributed by atoms with Crippen molar-refractivity contribution in [2.24, 2.45) is 0 Å². The maximum atomic E-state index is 13.0. The van der Waals surface area contributed by atoms with E-state index in [0.29, 0.717) is 18.1 Å². The number of piperidine rings is 1. The van der Waals surface area contributed by atoms with Gasteiger partial charge in [-0.25, -0.2) is 4.98 Å². The number of rotatable bonds is 4. The lowest BCUT2D eigenvalue weighted by atomic mass is 10.1. The van der Waals surface area contributed by atoms with Gasteiger partial charge in [0.2, 0.25) is 0 Å². The lowest BCUT2D eigenvalue weighted by Crippen LogP contribution is -2.37. The van der Waals surface area contributed by atoms with Crippen LogP contribution in [0.4, 0.5) is 0 Å². The summed E-state index contributed by atoms with van der Waals surface area (Å²) in [7, 11) is 0. The van der Waals surface area contributed by atoms with Crippen LogP contribution in [-0.4, -0.2) is 58.6 Å². The van der Waals surface area contributed by atoms with Crippen molar-refractivity contribution in [3.8, 4) is 0 Å². The second kappa shape index (κ2) is 7.78. The van der Waals surface area contributed by atoms with Crippen molar-refractivity contribution >= 4 is 11.8 Å². The number of hydrogen-bond donors (Lipinski definition) is 1. The van der Waals surface area contributed by atoms with Crippen LogP contribution in [0.25, 0.3) is 0 Å². The first-order valence-electron chi connectivity index (χ1n) is 10.0. The summed E-state index contributed by atoms with van der Waals surface area (Å²) in [5.74, 6) is 0.249. The van der Waals surface area contributed by atoms with E-state index in [-0.39, 0.29) is 17.9 Å². The highest BCUT2D eigenvalue weighted by Gasteiger charge is 2.30. The minimum Gasteiger partial charge on any atom is -0.376 e. The Hall–Kier alpha value is -1.89. The summed E-state index contributed by atoms with van der Waals surface area (Å²) in [6, 6.07) is 0. The number of nitrogens with one attached hydrogen (secondary N) is 1. The lowest BCUT2D eigenvalue weighted by Gasteiger charge is -2.27. The van der Waals surface area contributed by atoms with Gasteiger partial charge < -0.3 is 19.5 Å². The molecule has 3 aliphatic heterocycles. The van der Waals surface area contributed by atoms with Crippen molar-refractivity contribution in [2.45, 2.75) is 64.0 Å². The van der Waals surface area contributed by atoms with E-state index < -0.39 is 0 Å². The Labute approximate surface area is 154 Å². The topological polar surface area (TPSA) is 76.5 Å². The van der Waals surface area contributed by atoms with Crippen LogP contribution >= 0.6 is 0 Å². The van der Waals surface area contributed by atoms with Gasteiger partial charge in [-0.15, -0.1) is 0 Å². The third kappa shape index (κ3) is 3.49. The average molecular weight is 360 g/mol. The molecule has 0 aliphatic carbocycles. The Balaban J connectivity index is 1.53. The van der Waals surface area contributed by atoms with Crippen molar-refractivity contribution in [2.75, 3.05) is 26.2 Å². The van der Waals surface area contributed by atoms with Gasteiger partial charge in [-0.05, 0) is 51.4 Å². The van der Waals surface area contributed by atoms with Gasteiger partial charge >= 0.3 is 0 Å². The van der Waals surface area contributed by atoms with Gasteiger partial charge in [0.25, 0.3) is 11.8 Å². The number of aromatic nitrogens is 2. The third-order valence-corrected chi connectivity index (χ3v) is 5.68. The number of carbonyl (C=O) groups is 2. The summed E-state index contributed by atoms with van der Waals surface area (Å²) in [6.45, 7) is 3.65. The first kappa shape index (κ1) is 17.5. The molecule has 0 aromatic carbocycles. The molecule has 3 aliphatic rings. The number of fused-ring (bicyclic) bond motifs is 1. The van der Waals surface area contributed by atoms with Gasteiger partial charge in [-0.1, -0.05) is 0 Å². The van der Waals surface area contributed by atoms with Crippen LogP contribution in [0.2, 0.25) is 0 Å². The van der Waals surface area contributed by atoms with Crippen LogP contribution in [0.1, 0.15) is 71.7 Å². The summed E-state index contributed by atoms with van der Waals surface area (Å²) >= 11 is 0. The number of hydrogen-bond acceptors (Lipinski definition) is 4. The van der Waals surface area contributed by atoms with E-state index in [9.17, 15) is 9.59 Å². The maximum Gasteiger partial charge on any atom is 0.289 e. The molecule has 2 amide bonds.